The predicted molar refractivity (Wildman–Crippen MR) is 111 cm³/mol. The summed E-state index contributed by atoms with van der Waals surface area (Å²) < 4.78 is 11.5. The predicted octanol–water partition coefficient (Wildman–Crippen LogP) is 5.84. The molecule has 3 N–H and O–H groups in total. The van der Waals surface area contributed by atoms with Gasteiger partial charge in [0.2, 0.25) is 5.76 Å². The van der Waals surface area contributed by atoms with Gasteiger partial charge < -0.3 is 19.9 Å². The smallest absolute Gasteiger partial charge is 0.286 e. The Labute approximate surface area is 166 Å². The first-order valence-electron chi connectivity index (χ1n) is 8.57. The lowest BCUT2D eigenvalue weighted by Gasteiger charge is -2.07. The fourth-order valence-corrected chi connectivity index (χ4v) is 3.20. The third kappa shape index (κ3) is 3.28. The van der Waals surface area contributed by atoms with Crippen molar-refractivity contribution in [2.24, 2.45) is 5.73 Å². The molecular formula is C22H17ClN2O3. The van der Waals surface area contributed by atoms with Crippen LogP contribution in [0, 0.1) is 6.92 Å². The molecule has 0 aliphatic rings. The highest BCUT2D eigenvalue weighted by molar-refractivity contribution is 6.30. The van der Waals surface area contributed by atoms with E-state index in [0.717, 1.165) is 16.5 Å². The number of fused-ring (bicyclic) bond motifs is 1. The number of aryl methyl sites for hydroxylation is 1. The van der Waals surface area contributed by atoms with Gasteiger partial charge in [-0.05, 0) is 48.9 Å². The van der Waals surface area contributed by atoms with Gasteiger partial charge in [-0.1, -0.05) is 36.4 Å². The Kier molecular flexibility index (Phi) is 4.45. The summed E-state index contributed by atoms with van der Waals surface area (Å²) >= 11 is 6.05. The minimum Gasteiger partial charge on any atom is -0.455 e. The van der Waals surface area contributed by atoms with Crippen molar-refractivity contribution < 1.29 is 13.6 Å². The Morgan fingerprint density at radius 1 is 1.11 bits per heavy atom. The van der Waals surface area contributed by atoms with E-state index in [1.807, 2.05) is 49.4 Å². The average Bonchev–Trinajstić information content (AvgIpc) is 3.27. The topological polar surface area (TPSA) is 81.4 Å². The molecule has 4 rings (SSSR count). The number of hydrogen-bond acceptors (Lipinski definition) is 4. The number of rotatable bonds is 5. The normalized spacial score (nSPS) is 10.9. The SMILES string of the molecule is C=C(Nc1c(C(N)=O)oc2cc(C)ccc12)c1ccc(-c2cccc(Cl)c2)o1. The van der Waals surface area contributed by atoms with E-state index in [4.69, 9.17) is 26.2 Å². The van der Waals surface area contributed by atoms with Gasteiger partial charge in [-0.3, -0.25) is 4.79 Å². The van der Waals surface area contributed by atoms with Crippen LogP contribution in [0.4, 0.5) is 5.69 Å². The standard InChI is InChI=1S/C22H17ClN2O3/c1-12-6-7-16-19(10-12)28-21(22(24)26)20(16)25-13(2)17-8-9-18(27-17)14-4-3-5-15(23)11-14/h3-11,25H,2H2,1H3,(H2,24,26). The molecule has 0 radical (unpaired) electrons. The highest BCUT2D eigenvalue weighted by Crippen LogP contribution is 2.34. The van der Waals surface area contributed by atoms with E-state index < -0.39 is 5.91 Å². The monoisotopic (exact) mass is 392 g/mol. The molecular weight excluding hydrogens is 376 g/mol. The first-order valence-corrected chi connectivity index (χ1v) is 8.95. The van der Waals surface area contributed by atoms with Crippen LogP contribution in [0.15, 0.2) is 70.0 Å². The number of carbonyl (C=O) groups is 1. The Morgan fingerprint density at radius 2 is 1.93 bits per heavy atom. The summed E-state index contributed by atoms with van der Waals surface area (Å²) in [6.07, 6.45) is 0. The molecule has 0 atom stereocenters. The lowest BCUT2D eigenvalue weighted by molar-refractivity contribution is 0.0977. The molecule has 140 valence electrons. The summed E-state index contributed by atoms with van der Waals surface area (Å²) in [5.41, 5.74) is 8.87. The second kappa shape index (κ2) is 6.94. The van der Waals surface area contributed by atoms with Crippen molar-refractivity contribution in [2.45, 2.75) is 6.92 Å². The summed E-state index contributed by atoms with van der Waals surface area (Å²) in [6.45, 7) is 5.97. The van der Waals surface area contributed by atoms with Gasteiger partial charge in [0.15, 0.2) is 0 Å². The van der Waals surface area contributed by atoms with Gasteiger partial charge in [0.05, 0.1) is 11.4 Å². The maximum atomic E-state index is 11.8. The minimum atomic E-state index is -0.664. The number of anilines is 1. The number of furan rings is 2. The van der Waals surface area contributed by atoms with E-state index in [2.05, 4.69) is 11.9 Å². The van der Waals surface area contributed by atoms with Crippen LogP contribution in [-0.2, 0) is 0 Å². The third-order valence-corrected chi connectivity index (χ3v) is 4.59. The van der Waals surface area contributed by atoms with Crippen molar-refractivity contribution in [3.05, 3.63) is 83.3 Å². The molecule has 5 nitrogen and oxygen atoms in total. The number of hydrogen-bond donors (Lipinski definition) is 2. The molecule has 0 saturated carbocycles. The van der Waals surface area contributed by atoms with Crippen LogP contribution in [0.1, 0.15) is 21.9 Å². The van der Waals surface area contributed by atoms with Crippen LogP contribution in [0.25, 0.3) is 28.0 Å². The molecule has 28 heavy (non-hydrogen) atoms. The first-order chi connectivity index (χ1) is 13.4. The summed E-state index contributed by atoms with van der Waals surface area (Å²) in [6, 6.07) is 16.6. The highest BCUT2D eigenvalue weighted by Gasteiger charge is 2.20. The van der Waals surface area contributed by atoms with Crippen molar-refractivity contribution in [1.29, 1.82) is 0 Å². The molecule has 2 heterocycles. The van der Waals surface area contributed by atoms with E-state index in [0.29, 0.717) is 33.5 Å². The van der Waals surface area contributed by atoms with Gasteiger partial charge >= 0.3 is 0 Å². The average molecular weight is 393 g/mol. The van der Waals surface area contributed by atoms with Gasteiger partial charge in [-0.15, -0.1) is 0 Å². The van der Waals surface area contributed by atoms with Crippen LogP contribution in [0.5, 0.6) is 0 Å². The minimum absolute atomic E-state index is 0.0448. The molecule has 2 aromatic heterocycles. The number of nitrogens with one attached hydrogen (secondary N) is 1. The number of amides is 1. The number of halogens is 1. The summed E-state index contributed by atoms with van der Waals surface area (Å²) in [4.78, 5) is 11.8. The summed E-state index contributed by atoms with van der Waals surface area (Å²) in [5, 5.41) is 4.48. The molecule has 1 amide bonds. The van der Waals surface area contributed by atoms with Crippen LogP contribution in [0.3, 0.4) is 0 Å². The molecule has 0 aliphatic heterocycles. The third-order valence-electron chi connectivity index (χ3n) is 4.36. The maximum absolute atomic E-state index is 11.8. The summed E-state index contributed by atoms with van der Waals surface area (Å²) in [7, 11) is 0. The lowest BCUT2D eigenvalue weighted by atomic mass is 10.1. The Morgan fingerprint density at radius 3 is 2.68 bits per heavy atom. The van der Waals surface area contributed by atoms with Gasteiger partial charge in [0.1, 0.15) is 17.1 Å². The number of carbonyl (C=O) groups excluding carboxylic acids is 1. The Balaban J connectivity index is 1.68. The van der Waals surface area contributed by atoms with Gasteiger partial charge in [0.25, 0.3) is 5.91 Å². The fraction of sp³-hybridized carbons (Fsp3) is 0.0455. The van der Waals surface area contributed by atoms with Crippen molar-refractivity contribution in [3.8, 4) is 11.3 Å². The van der Waals surface area contributed by atoms with Crippen molar-refractivity contribution >= 4 is 39.9 Å². The highest BCUT2D eigenvalue weighted by atomic mass is 35.5. The van der Waals surface area contributed by atoms with E-state index in [-0.39, 0.29) is 5.76 Å². The van der Waals surface area contributed by atoms with Crippen LogP contribution in [-0.4, -0.2) is 5.91 Å². The molecule has 0 bridgehead atoms. The second-order valence-electron chi connectivity index (χ2n) is 6.45. The molecule has 2 aromatic carbocycles. The Bertz CT molecular complexity index is 1220. The molecule has 0 saturated heterocycles. The largest absolute Gasteiger partial charge is 0.455 e. The zero-order valence-electron chi connectivity index (χ0n) is 15.1. The number of primary amides is 1. The van der Waals surface area contributed by atoms with Gasteiger partial charge in [0, 0.05) is 16.0 Å². The first kappa shape index (κ1) is 17.9. The van der Waals surface area contributed by atoms with Crippen LogP contribution < -0.4 is 11.1 Å². The van der Waals surface area contributed by atoms with Crippen LogP contribution in [0.2, 0.25) is 5.02 Å². The van der Waals surface area contributed by atoms with Crippen molar-refractivity contribution in [3.63, 3.8) is 0 Å². The van der Waals surface area contributed by atoms with Crippen LogP contribution >= 0.6 is 11.6 Å². The van der Waals surface area contributed by atoms with E-state index >= 15 is 0 Å². The zero-order valence-corrected chi connectivity index (χ0v) is 15.8. The molecule has 0 aliphatic carbocycles. The Hall–Kier alpha value is -3.44. The molecule has 4 aromatic rings. The van der Waals surface area contributed by atoms with Crippen molar-refractivity contribution in [2.75, 3.05) is 5.32 Å². The fourth-order valence-electron chi connectivity index (χ4n) is 3.01. The van der Waals surface area contributed by atoms with E-state index in [1.54, 1.807) is 12.1 Å². The van der Waals surface area contributed by atoms with Gasteiger partial charge in [-0.25, -0.2) is 0 Å². The number of nitrogens with two attached hydrogens (primary N) is 1. The number of benzene rings is 2. The van der Waals surface area contributed by atoms with E-state index in [9.17, 15) is 4.79 Å². The van der Waals surface area contributed by atoms with Gasteiger partial charge in [-0.2, -0.15) is 0 Å². The summed E-state index contributed by atoms with van der Waals surface area (Å²) in [5.74, 6) is 0.557. The second-order valence-corrected chi connectivity index (χ2v) is 6.88. The van der Waals surface area contributed by atoms with Crippen molar-refractivity contribution in [1.82, 2.24) is 0 Å². The van der Waals surface area contributed by atoms with E-state index in [1.165, 1.54) is 0 Å². The quantitative estimate of drug-likeness (QED) is 0.447. The molecule has 0 fully saturated rings. The maximum Gasteiger partial charge on any atom is 0.286 e. The molecule has 6 heteroatoms. The zero-order chi connectivity index (χ0) is 19.8. The molecule has 0 spiro atoms. The lowest BCUT2D eigenvalue weighted by Crippen LogP contribution is -2.12. The molecule has 0 unspecified atom stereocenters.